The normalized spacial score (nSPS) is 10.3. The van der Waals surface area contributed by atoms with Gasteiger partial charge in [-0.05, 0) is 55.0 Å². The van der Waals surface area contributed by atoms with E-state index in [1.807, 2.05) is 13.0 Å². The third kappa shape index (κ3) is 4.50. The summed E-state index contributed by atoms with van der Waals surface area (Å²) in [6, 6.07) is 13.9. The van der Waals surface area contributed by atoms with E-state index >= 15 is 0 Å². The fourth-order valence-corrected chi connectivity index (χ4v) is 2.74. The Morgan fingerprint density at radius 2 is 1.75 bits per heavy atom. The number of hydrogen-bond donors (Lipinski definition) is 2. The van der Waals surface area contributed by atoms with Crippen LogP contribution >= 0.6 is 11.6 Å². The van der Waals surface area contributed by atoms with Crippen molar-refractivity contribution < 1.29 is 14.3 Å². The SMILES string of the molecule is COc1ccc(Nc2ccc(C(=O)Nc3ccc(Cl)cc3C)nn2)c(OC)c1. The van der Waals surface area contributed by atoms with Gasteiger partial charge in [0.2, 0.25) is 0 Å². The number of carbonyl (C=O) groups is 1. The van der Waals surface area contributed by atoms with Crippen molar-refractivity contribution in [2.45, 2.75) is 6.92 Å². The van der Waals surface area contributed by atoms with Gasteiger partial charge in [-0.2, -0.15) is 0 Å². The van der Waals surface area contributed by atoms with E-state index in [9.17, 15) is 4.79 Å². The van der Waals surface area contributed by atoms with Gasteiger partial charge in [0.25, 0.3) is 5.91 Å². The molecule has 28 heavy (non-hydrogen) atoms. The van der Waals surface area contributed by atoms with E-state index in [1.54, 1.807) is 56.7 Å². The molecule has 144 valence electrons. The number of carbonyl (C=O) groups excluding carboxylic acids is 1. The van der Waals surface area contributed by atoms with E-state index in [2.05, 4.69) is 20.8 Å². The zero-order chi connectivity index (χ0) is 20.1. The monoisotopic (exact) mass is 398 g/mol. The van der Waals surface area contributed by atoms with Crippen LogP contribution in [0.25, 0.3) is 0 Å². The number of benzene rings is 2. The Balaban J connectivity index is 1.72. The molecule has 0 radical (unpaired) electrons. The average Bonchev–Trinajstić information content (AvgIpc) is 2.71. The number of anilines is 3. The molecule has 0 spiro atoms. The summed E-state index contributed by atoms with van der Waals surface area (Å²) in [4.78, 5) is 12.4. The molecule has 0 aliphatic heterocycles. The highest BCUT2D eigenvalue weighted by Crippen LogP contribution is 2.30. The van der Waals surface area contributed by atoms with Crippen molar-refractivity contribution in [3.8, 4) is 11.5 Å². The molecule has 0 bridgehead atoms. The van der Waals surface area contributed by atoms with Crippen LogP contribution in [0.1, 0.15) is 16.1 Å². The topological polar surface area (TPSA) is 85.4 Å². The van der Waals surface area contributed by atoms with Gasteiger partial charge in [-0.3, -0.25) is 4.79 Å². The maximum absolute atomic E-state index is 12.4. The second-order valence-electron chi connectivity index (χ2n) is 5.91. The molecule has 0 saturated heterocycles. The lowest BCUT2D eigenvalue weighted by atomic mass is 10.2. The van der Waals surface area contributed by atoms with Crippen LogP contribution in [0.2, 0.25) is 5.02 Å². The number of amides is 1. The number of aryl methyl sites for hydroxylation is 1. The van der Waals surface area contributed by atoms with Crippen molar-refractivity contribution >= 4 is 34.7 Å². The summed E-state index contributed by atoms with van der Waals surface area (Å²) in [7, 11) is 3.15. The van der Waals surface area contributed by atoms with Crippen molar-refractivity contribution in [2.75, 3.05) is 24.9 Å². The van der Waals surface area contributed by atoms with E-state index in [0.717, 1.165) is 5.56 Å². The van der Waals surface area contributed by atoms with Gasteiger partial charge < -0.3 is 20.1 Å². The Kier molecular flexibility index (Phi) is 5.96. The Labute approximate surface area is 167 Å². The van der Waals surface area contributed by atoms with Gasteiger partial charge in [0, 0.05) is 16.8 Å². The number of methoxy groups -OCH3 is 2. The second-order valence-corrected chi connectivity index (χ2v) is 6.34. The first-order valence-corrected chi connectivity index (χ1v) is 8.78. The van der Waals surface area contributed by atoms with Crippen LogP contribution in [0.5, 0.6) is 11.5 Å². The van der Waals surface area contributed by atoms with Crippen LogP contribution in [-0.2, 0) is 0 Å². The van der Waals surface area contributed by atoms with Gasteiger partial charge in [-0.25, -0.2) is 0 Å². The van der Waals surface area contributed by atoms with Gasteiger partial charge >= 0.3 is 0 Å². The van der Waals surface area contributed by atoms with Gasteiger partial charge in [0.1, 0.15) is 11.5 Å². The summed E-state index contributed by atoms with van der Waals surface area (Å²) >= 11 is 5.94. The number of hydrogen-bond acceptors (Lipinski definition) is 6. The average molecular weight is 399 g/mol. The van der Waals surface area contributed by atoms with Crippen LogP contribution in [0, 0.1) is 6.92 Å². The summed E-state index contributed by atoms with van der Waals surface area (Å²) in [5.74, 6) is 1.40. The molecule has 0 atom stereocenters. The zero-order valence-electron chi connectivity index (χ0n) is 15.6. The minimum Gasteiger partial charge on any atom is -0.497 e. The van der Waals surface area contributed by atoms with Gasteiger partial charge in [0.05, 0.1) is 19.9 Å². The van der Waals surface area contributed by atoms with Crippen molar-refractivity contribution in [1.29, 1.82) is 0 Å². The van der Waals surface area contributed by atoms with Crippen molar-refractivity contribution in [3.05, 3.63) is 64.8 Å². The highest BCUT2D eigenvalue weighted by atomic mass is 35.5. The molecule has 7 nitrogen and oxygen atoms in total. The smallest absolute Gasteiger partial charge is 0.276 e. The first kappa shape index (κ1) is 19.4. The number of rotatable bonds is 6. The lowest BCUT2D eigenvalue weighted by molar-refractivity contribution is 0.102. The number of aromatic nitrogens is 2. The number of nitrogens with one attached hydrogen (secondary N) is 2. The van der Waals surface area contributed by atoms with E-state index < -0.39 is 0 Å². The lowest BCUT2D eigenvalue weighted by Gasteiger charge is -2.12. The number of ether oxygens (including phenoxy) is 2. The molecule has 1 aromatic heterocycles. The molecule has 1 heterocycles. The first-order chi connectivity index (χ1) is 13.5. The molecule has 2 aromatic carbocycles. The fourth-order valence-electron chi connectivity index (χ4n) is 2.51. The van der Waals surface area contributed by atoms with E-state index in [-0.39, 0.29) is 11.6 Å². The Bertz CT molecular complexity index is 993. The summed E-state index contributed by atoms with van der Waals surface area (Å²) in [5, 5.41) is 14.6. The van der Waals surface area contributed by atoms with Crippen LogP contribution in [0.4, 0.5) is 17.2 Å². The van der Waals surface area contributed by atoms with E-state index in [4.69, 9.17) is 21.1 Å². The largest absolute Gasteiger partial charge is 0.497 e. The van der Waals surface area contributed by atoms with Gasteiger partial charge in [0.15, 0.2) is 11.5 Å². The Morgan fingerprint density at radius 3 is 2.39 bits per heavy atom. The maximum atomic E-state index is 12.4. The van der Waals surface area contributed by atoms with E-state index in [1.165, 1.54) is 0 Å². The molecular formula is C20H19ClN4O3. The van der Waals surface area contributed by atoms with Crippen molar-refractivity contribution in [2.24, 2.45) is 0 Å². The molecule has 0 saturated carbocycles. The molecule has 0 fully saturated rings. The summed E-state index contributed by atoms with van der Waals surface area (Å²) in [6.07, 6.45) is 0. The minimum absolute atomic E-state index is 0.196. The van der Waals surface area contributed by atoms with Crippen molar-refractivity contribution in [1.82, 2.24) is 10.2 Å². The molecular weight excluding hydrogens is 380 g/mol. The second kappa shape index (κ2) is 8.58. The predicted molar refractivity (Wildman–Crippen MR) is 109 cm³/mol. The molecule has 0 aliphatic rings. The highest BCUT2D eigenvalue weighted by molar-refractivity contribution is 6.30. The molecule has 0 unspecified atom stereocenters. The van der Waals surface area contributed by atoms with Crippen LogP contribution in [0.15, 0.2) is 48.5 Å². The molecule has 0 aliphatic carbocycles. The molecule has 1 amide bonds. The standard InChI is InChI=1S/C20H19ClN4O3/c1-12-10-13(21)4-6-15(12)23-20(26)17-8-9-19(25-24-17)22-16-7-5-14(27-2)11-18(16)28-3/h4-11H,1-3H3,(H,22,25)(H,23,26). The Hall–Kier alpha value is -3.32. The first-order valence-electron chi connectivity index (χ1n) is 8.40. The maximum Gasteiger partial charge on any atom is 0.276 e. The Morgan fingerprint density at radius 1 is 0.964 bits per heavy atom. The van der Waals surface area contributed by atoms with E-state index in [0.29, 0.717) is 33.7 Å². The fraction of sp³-hybridized carbons (Fsp3) is 0.150. The highest BCUT2D eigenvalue weighted by Gasteiger charge is 2.11. The summed E-state index contributed by atoms with van der Waals surface area (Å²) < 4.78 is 10.5. The molecule has 3 rings (SSSR count). The minimum atomic E-state index is -0.355. The zero-order valence-corrected chi connectivity index (χ0v) is 16.4. The molecule has 3 aromatic rings. The summed E-state index contributed by atoms with van der Waals surface area (Å²) in [6.45, 7) is 1.86. The molecule has 2 N–H and O–H groups in total. The van der Waals surface area contributed by atoms with Gasteiger partial charge in [-0.1, -0.05) is 11.6 Å². The quantitative estimate of drug-likeness (QED) is 0.638. The molecule has 8 heteroatoms. The number of halogens is 1. The van der Waals surface area contributed by atoms with Crippen molar-refractivity contribution in [3.63, 3.8) is 0 Å². The predicted octanol–water partition coefficient (Wildman–Crippen LogP) is 4.45. The third-order valence-corrected chi connectivity index (χ3v) is 4.24. The van der Waals surface area contributed by atoms with Crippen LogP contribution < -0.4 is 20.1 Å². The lowest BCUT2D eigenvalue weighted by Crippen LogP contribution is -2.15. The van der Waals surface area contributed by atoms with Gasteiger partial charge in [-0.15, -0.1) is 10.2 Å². The van der Waals surface area contributed by atoms with Crippen LogP contribution in [0.3, 0.4) is 0 Å². The van der Waals surface area contributed by atoms with Crippen LogP contribution in [-0.4, -0.2) is 30.3 Å². The summed E-state index contributed by atoms with van der Waals surface area (Å²) in [5.41, 5.74) is 2.42. The number of nitrogens with zero attached hydrogens (tertiary/aromatic N) is 2. The third-order valence-electron chi connectivity index (χ3n) is 4.01.